The molecule has 4 nitrogen and oxygen atoms in total. The summed E-state index contributed by atoms with van der Waals surface area (Å²) in [5, 5.41) is 3.49. The van der Waals surface area contributed by atoms with E-state index in [-0.39, 0.29) is 5.97 Å². The average Bonchev–Trinajstić information content (AvgIpc) is 2.47. The van der Waals surface area contributed by atoms with Crippen LogP contribution in [0.3, 0.4) is 0 Å². The van der Waals surface area contributed by atoms with Crippen LogP contribution in [0.15, 0.2) is 0 Å². The van der Waals surface area contributed by atoms with Gasteiger partial charge in [-0.15, -0.1) is 0 Å². The molecule has 120 valence electrons. The summed E-state index contributed by atoms with van der Waals surface area (Å²) in [7, 11) is 0. The molecule has 0 saturated carbocycles. The lowest BCUT2D eigenvalue weighted by molar-refractivity contribution is -0.152. The highest BCUT2D eigenvalue weighted by Gasteiger charge is 2.36. The first kappa shape index (κ1) is 19.4. The molecular weight excluding hydrogens is 252 g/mol. The zero-order valence-electron chi connectivity index (χ0n) is 14.1. The lowest BCUT2D eigenvalue weighted by atomic mass is 9.89. The van der Waals surface area contributed by atoms with Crippen LogP contribution in [0.4, 0.5) is 0 Å². The van der Waals surface area contributed by atoms with Gasteiger partial charge in [-0.25, -0.2) is 0 Å². The number of carbonyl (C=O) groups is 1. The number of hydrogen-bond donors (Lipinski definition) is 1. The Morgan fingerprint density at radius 3 is 2.25 bits per heavy atom. The Morgan fingerprint density at radius 1 is 1.15 bits per heavy atom. The van der Waals surface area contributed by atoms with E-state index in [0.717, 1.165) is 51.9 Å². The van der Waals surface area contributed by atoms with Gasteiger partial charge in [0, 0.05) is 13.1 Å². The first-order valence-electron chi connectivity index (χ1n) is 8.24. The summed E-state index contributed by atoms with van der Waals surface area (Å²) in [6, 6.07) is 0. The molecule has 0 amide bonds. The molecule has 0 aromatic heterocycles. The van der Waals surface area contributed by atoms with Crippen LogP contribution in [-0.2, 0) is 9.53 Å². The van der Waals surface area contributed by atoms with Crippen molar-refractivity contribution in [1.29, 1.82) is 0 Å². The molecule has 0 heterocycles. The predicted molar refractivity (Wildman–Crippen MR) is 85.0 cm³/mol. The minimum atomic E-state index is -0.501. The van der Waals surface area contributed by atoms with Crippen molar-refractivity contribution in [1.82, 2.24) is 10.2 Å². The first-order chi connectivity index (χ1) is 9.60. The molecule has 0 spiro atoms. The fourth-order valence-electron chi connectivity index (χ4n) is 2.45. The van der Waals surface area contributed by atoms with Gasteiger partial charge in [-0.2, -0.15) is 0 Å². The van der Waals surface area contributed by atoms with Crippen LogP contribution < -0.4 is 5.32 Å². The molecule has 0 rings (SSSR count). The van der Waals surface area contributed by atoms with Crippen molar-refractivity contribution in [2.24, 2.45) is 0 Å². The highest BCUT2D eigenvalue weighted by Crippen LogP contribution is 2.20. The topological polar surface area (TPSA) is 41.6 Å². The summed E-state index contributed by atoms with van der Waals surface area (Å²) in [4.78, 5) is 14.7. The van der Waals surface area contributed by atoms with Crippen LogP contribution in [0, 0.1) is 0 Å². The van der Waals surface area contributed by atoms with Crippen molar-refractivity contribution < 1.29 is 9.53 Å². The Hall–Kier alpha value is -0.610. The van der Waals surface area contributed by atoms with Crippen LogP contribution in [0.1, 0.15) is 60.3 Å². The van der Waals surface area contributed by atoms with Crippen LogP contribution in [-0.4, -0.2) is 49.2 Å². The molecule has 1 atom stereocenters. The van der Waals surface area contributed by atoms with Crippen molar-refractivity contribution in [3.05, 3.63) is 0 Å². The van der Waals surface area contributed by atoms with Crippen LogP contribution >= 0.6 is 0 Å². The van der Waals surface area contributed by atoms with Crippen molar-refractivity contribution in [2.45, 2.75) is 65.8 Å². The zero-order valence-corrected chi connectivity index (χ0v) is 14.1. The molecule has 0 saturated heterocycles. The molecule has 0 aliphatic rings. The van der Waals surface area contributed by atoms with Crippen molar-refractivity contribution in [3.63, 3.8) is 0 Å². The van der Waals surface area contributed by atoms with Crippen molar-refractivity contribution >= 4 is 5.97 Å². The molecular formula is C16H34N2O2. The van der Waals surface area contributed by atoms with Crippen LogP contribution in [0.5, 0.6) is 0 Å². The summed E-state index contributed by atoms with van der Waals surface area (Å²) in [5.41, 5.74) is -0.501. The molecule has 0 aromatic carbocycles. The van der Waals surface area contributed by atoms with E-state index in [1.54, 1.807) is 0 Å². The Balaban J connectivity index is 4.61. The highest BCUT2D eigenvalue weighted by atomic mass is 16.5. The number of nitrogens with one attached hydrogen (secondary N) is 1. The van der Waals surface area contributed by atoms with Crippen molar-refractivity contribution in [3.8, 4) is 0 Å². The second-order valence-corrected chi connectivity index (χ2v) is 5.21. The number of carbonyl (C=O) groups excluding carboxylic acids is 1. The molecule has 0 radical (unpaired) electrons. The van der Waals surface area contributed by atoms with E-state index in [4.69, 9.17) is 4.74 Å². The maximum Gasteiger partial charge on any atom is 0.326 e. The maximum absolute atomic E-state index is 12.3. The number of hydrogen-bond acceptors (Lipinski definition) is 4. The number of rotatable bonds is 12. The lowest BCUT2D eigenvalue weighted by Crippen LogP contribution is -2.54. The maximum atomic E-state index is 12.3. The van der Waals surface area contributed by atoms with Gasteiger partial charge in [0.05, 0.1) is 6.61 Å². The fourth-order valence-corrected chi connectivity index (χ4v) is 2.45. The smallest absolute Gasteiger partial charge is 0.326 e. The van der Waals surface area contributed by atoms with Gasteiger partial charge in [0.15, 0.2) is 0 Å². The van der Waals surface area contributed by atoms with Gasteiger partial charge in [0.1, 0.15) is 5.54 Å². The first-order valence-corrected chi connectivity index (χ1v) is 8.24. The van der Waals surface area contributed by atoms with E-state index in [9.17, 15) is 4.79 Å². The largest absolute Gasteiger partial charge is 0.465 e. The van der Waals surface area contributed by atoms with E-state index >= 15 is 0 Å². The third kappa shape index (κ3) is 6.23. The summed E-state index contributed by atoms with van der Waals surface area (Å²) >= 11 is 0. The van der Waals surface area contributed by atoms with E-state index < -0.39 is 5.54 Å². The monoisotopic (exact) mass is 286 g/mol. The third-order valence-electron chi connectivity index (χ3n) is 4.01. The average molecular weight is 286 g/mol. The van der Waals surface area contributed by atoms with E-state index in [0.29, 0.717) is 6.61 Å². The van der Waals surface area contributed by atoms with Gasteiger partial charge >= 0.3 is 5.97 Å². The molecule has 1 unspecified atom stereocenters. The van der Waals surface area contributed by atoms with Crippen LogP contribution in [0.25, 0.3) is 0 Å². The summed E-state index contributed by atoms with van der Waals surface area (Å²) in [6.07, 6.45) is 3.78. The molecule has 0 bridgehead atoms. The van der Waals surface area contributed by atoms with Gasteiger partial charge in [-0.1, -0.05) is 40.5 Å². The van der Waals surface area contributed by atoms with Crippen LogP contribution in [0.2, 0.25) is 0 Å². The number of likely N-dealkylation sites (N-methyl/N-ethyl adjacent to an activating group) is 1. The van der Waals surface area contributed by atoms with E-state index in [1.807, 2.05) is 6.92 Å². The Kier molecular flexibility index (Phi) is 10.8. The van der Waals surface area contributed by atoms with Gasteiger partial charge in [0.25, 0.3) is 0 Å². The standard InChI is InChI=1S/C16H34N2O2/c1-6-11-12-16(7-2,15(19)20-10-5)17-13-14-18(8-3)9-4/h17H,6-14H2,1-5H3. The third-order valence-corrected chi connectivity index (χ3v) is 4.01. The van der Waals surface area contributed by atoms with E-state index in [2.05, 4.69) is 37.9 Å². The number of nitrogens with zero attached hydrogens (tertiary/aromatic N) is 1. The Morgan fingerprint density at radius 2 is 1.80 bits per heavy atom. The second-order valence-electron chi connectivity index (χ2n) is 5.21. The summed E-state index contributed by atoms with van der Waals surface area (Å²) in [5.74, 6) is -0.0875. The fraction of sp³-hybridized carbons (Fsp3) is 0.938. The lowest BCUT2D eigenvalue weighted by Gasteiger charge is -2.32. The highest BCUT2D eigenvalue weighted by molar-refractivity contribution is 5.80. The molecule has 0 aliphatic heterocycles. The SMILES string of the molecule is CCCCC(CC)(NCCN(CC)CC)C(=O)OCC. The van der Waals surface area contributed by atoms with Gasteiger partial charge in [0.2, 0.25) is 0 Å². The zero-order chi connectivity index (χ0) is 15.4. The Bertz CT molecular complexity index is 255. The molecule has 0 fully saturated rings. The molecule has 1 N–H and O–H groups in total. The molecule has 4 heteroatoms. The molecule has 0 aliphatic carbocycles. The number of esters is 1. The Labute approximate surface area is 125 Å². The van der Waals surface area contributed by atoms with E-state index in [1.165, 1.54) is 0 Å². The quantitative estimate of drug-likeness (QED) is 0.560. The number of ether oxygens (including phenoxy) is 1. The normalized spacial score (nSPS) is 14.3. The summed E-state index contributed by atoms with van der Waals surface area (Å²) < 4.78 is 5.29. The van der Waals surface area contributed by atoms with Gasteiger partial charge in [-0.3, -0.25) is 4.79 Å². The van der Waals surface area contributed by atoms with Crippen molar-refractivity contribution in [2.75, 3.05) is 32.8 Å². The minimum absolute atomic E-state index is 0.0875. The van der Waals surface area contributed by atoms with Gasteiger partial charge in [-0.05, 0) is 32.9 Å². The summed E-state index contributed by atoms with van der Waals surface area (Å²) in [6.45, 7) is 14.8. The minimum Gasteiger partial charge on any atom is -0.465 e. The number of unbranched alkanes of at least 4 members (excludes halogenated alkanes) is 1. The second kappa shape index (κ2) is 11.1. The predicted octanol–water partition coefficient (Wildman–Crippen LogP) is 2.82. The van der Waals surface area contributed by atoms with Gasteiger partial charge < -0.3 is 15.0 Å². The molecule has 0 aromatic rings. The molecule has 20 heavy (non-hydrogen) atoms.